The van der Waals surface area contributed by atoms with Crippen LogP contribution in [0.1, 0.15) is 5.56 Å². The first-order valence-corrected chi connectivity index (χ1v) is 8.65. The molecular formula is C22H15FN3+. The molecule has 0 aliphatic heterocycles. The fourth-order valence-electron chi connectivity index (χ4n) is 4.52. The van der Waals surface area contributed by atoms with Crippen LogP contribution in [0.25, 0.3) is 49.0 Å². The summed E-state index contributed by atoms with van der Waals surface area (Å²) in [5, 5.41) is 5.48. The molecule has 0 spiro atoms. The van der Waals surface area contributed by atoms with Crippen LogP contribution in [0.4, 0.5) is 4.39 Å². The highest BCUT2D eigenvalue weighted by molar-refractivity contribution is 6.25. The maximum Gasteiger partial charge on any atom is 0.224 e. The molecular weight excluding hydrogens is 325 g/mol. The van der Waals surface area contributed by atoms with Crippen LogP contribution in [-0.4, -0.2) is 9.38 Å². The Balaban J connectivity index is 2.17. The first-order valence-electron chi connectivity index (χ1n) is 8.65. The van der Waals surface area contributed by atoms with E-state index in [1.54, 1.807) is 18.3 Å². The molecule has 0 aliphatic rings. The predicted octanol–water partition coefficient (Wildman–Crippen LogP) is 4.66. The summed E-state index contributed by atoms with van der Waals surface area (Å²) in [6, 6.07) is 11.6. The van der Waals surface area contributed by atoms with Crippen molar-refractivity contribution in [2.24, 2.45) is 7.05 Å². The van der Waals surface area contributed by atoms with Gasteiger partial charge >= 0.3 is 0 Å². The fraction of sp³-hybridized carbons (Fsp3) is 0.0909. The van der Waals surface area contributed by atoms with E-state index >= 15 is 0 Å². The second-order valence-corrected chi connectivity index (χ2v) is 7.05. The van der Waals surface area contributed by atoms with Crippen molar-refractivity contribution in [1.82, 2.24) is 9.38 Å². The maximum absolute atomic E-state index is 14.5. The smallest absolute Gasteiger partial charge is 0.224 e. The highest BCUT2D eigenvalue weighted by Gasteiger charge is 2.23. The fourth-order valence-corrected chi connectivity index (χ4v) is 4.52. The van der Waals surface area contributed by atoms with Gasteiger partial charge in [0.05, 0.1) is 27.3 Å². The number of aryl methyl sites for hydroxylation is 2. The number of nitrogens with zero attached hydrogens (tertiary/aromatic N) is 3. The van der Waals surface area contributed by atoms with E-state index in [1.165, 1.54) is 10.9 Å². The Hall–Kier alpha value is -3.27. The summed E-state index contributed by atoms with van der Waals surface area (Å²) in [5.41, 5.74) is 5.45. The van der Waals surface area contributed by atoms with Gasteiger partial charge in [-0.2, -0.15) is 0 Å². The van der Waals surface area contributed by atoms with E-state index < -0.39 is 0 Å². The van der Waals surface area contributed by atoms with E-state index in [0.29, 0.717) is 0 Å². The van der Waals surface area contributed by atoms with Crippen molar-refractivity contribution in [1.29, 1.82) is 0 Å². The molecule has 2 aromatic carbocycles. The number of fused-ring (bicyclic) bond motifs is 5. The van der Waals surface area contributed by atoms with E-state index in [2.05, 4.69) is 40.1 Å². The average Bonchev–Trinajstić information content (AvgIpc) is 2.97. The van der Waals surface area contributed by atoms with Crippen LogP contribution >= 0.6 is 0 Å². The van der Waals surface area contributed by atoms with Crippen molar-refractivity contribution in [3.05, 3.63) is 66.4 Å². The summed E-state index contributed by atoms with van der Waals surface area (Å²) in [6.07, 6.45) is 5.72. The average molecular weight is 340 g/mol. The molecule has 4 heteroatoms. The highest BCUT2D eigenvalue weighted by Crippen LogP contribution is 2.40. The number of hydrogen-bond donors (Lipinski definition) is 0. The van der Waals surface area contributed by atoms with Gasteiger partial charge in [-0.25, -0.2) is 8.96 Å². The third-order valence-corrected chi connectivity index (χ3v) is 5.60. The molecule has 0 fully saturated rings. The summed E-state index contributed by atoms with van der Waals surface area (Å²) in [5.74, 6) is -0.215. The lowest BCUT2D eigenvalue weighted by Crippen LogP contribution is -2.28. The van der Waals surface area contributed by atoms with Crippen LogP contribution in [-0.2, 0) is 7.05 Å². The van der Waals surface area contributed by atoms with Crippen molar-refractivity contribution in [2.75, 3.05) is 0 Å². The van der Waals surface area contributed by atoms with Gasteiger partial charge in [0.25, 0.3) is 0 Å². The third-order valence-electron chi connectivity index (χ3n) is 5.60. The zero-order valence-electron chi connectivity index (χ0n) is 14.4. The predicted molar refractivity (Wildman–Crippen MR) is 102 cm³/mol. The quantitative estimate of drug-likeness (QED) is 0.224. The Labute approximate surface area is 148 Å². The molecule has 0 aliphatic carbocycles. The molecule has 26 heavy (non-hydrogen) atoms. The van der Waals surface area contributed by atoms with E-state index in [-0.39, 0.29) is 5.82 Å². The third kappa shape index (κ3) is 1.48. The lowest BCUT2D eigenvalue weighted by Gasteiger charge is -2.12. The summed E-state index contributed by atoms with van der Waals surface area (Å²) in [4.78, 5) is 4.32. The molecule has 4 heterocycles. The van der Waals surface area contributed by atoms with Crippen LogP contribution in [0, 0.1) is 12.7 Å². The van der Waals surface area contributed by atoms with E-state index in [9.17, 15) is 4.39 Å². The van der Waals surface area contributed by atoms with Gasteiger partial charge in [-0.15, -0.1) is 0 Å². The number of benzene rings is 2. The van der Waals surface area contributed by atoms with Crippen LogP contribution in [0.15, 0.2) is 55.0 Å². The molecule has 0 N–H and O–H groups in total. The molecule has 0 saturated heterocycles. The zero-order chi connectivity index (χ0) is 17.6. The Morgan fingerprint density at radius 1 is 1.00 bits per heavy atom. The molecule has 6 rings (SSSR count). The minimum absolute atomic E-state index is 0.215. The van der Waals surface area contributed by atoms with Gasteiger partial charge in [-0.05, 0) is 36.1 Å². The van der Waals surface area contributed by atoms with Crippen LogP contribution in [0.2, 0.25) is 0 Å². The van der Waals surface area contributed by atoms with Crippen LogP contribution < -0.4 is 4.57 Å². The normalized spacial score (nSPS) is 12.4. The zero-order valence-corrected chi connectivity index (χ0v) is 14.4. The van der Waals surface area contributed by atoms with Gasteiger partial charge in [-0.1, -0.05) is 12.1 Å². The van der Waals surface area contributed by atoms with Crippen LogP contribution in [0.3, 0.4) is 0 Å². The van der Waals surface area contributed by atoms with Gasteiger partial charge in [-0.3, -0.25) is 4.98 Å². The summed E-state index contributed by atoms with van der Waals surface area (Å²) in [6.45, 7) is 2.14. The lowest BCUT2D eigenvalue weighted by molar-refractivity contribution is -0.643. The minimum atomic E-state index is -0.215. The molecule has 0 saturated carbocycles. The second-order valence-electron chi connectivity index (χ2n) is 7.05. The van der Waals surface area contributed by atoms with Crippen LogP contribution in [0.5, 0.6) is 0 Å². The molecule has 0 bridgehead atoms. The minimum Gasteiger partial charge on any atom is -0.307 e. The molecule has 124 valence electrons. The standard InChI is InChI=1S/C22H15FN3/c1-12-3-4-15-16-11-24-7-5-17(16)26-18-10-14(23)9-13-6-8-25(2)22(20(13)18)19(12)21(15)26/h3-11H,1-2H3/q+1. The topological polar surface area (TPSA) is 21.2 Å². The first kappa shape index (κ1) is 14.0. The highest BCUT2D eigenvalue weighted by atomic mass is 19.1. The number of hydrogen-bond acceptors (Lipinski definition) is 1. The summed E-state index contributed by atoms with van der Waals surface area (Å²) >= 11 is 0. The van der Waals surface area contributed by atoms with Gasteiger partial charge < -0.3 is 4.40 Å². The van der Waals surface area contributed by atoms with E-state index in [0.717, 1.165) is 43.6 Å². The second kappa shape index (κ2) is 4.47. The number of aromatic nitrogens is 3. The van der Waals surface area contributed by atoms with Gasteiger partial charge in [0.15, 0.2) is 6.20 Å². The van der Waals surface area contributed by atoms with Gasteiger partial charge in [0.1, 0.15) is 12.9 Å². The first-order chi connectivity index (χ1) is 12.6. The lowest BCUT2D eigenvalue weighted by atomic mass is 10.00. The van der Waals surface area contributed by atoms with Crippen molar-refractivity contribution in [3.63, 3.8) is 0 Å². The van der Waals surface area contributed by atoms with Crippen molar-refractivity contribution in [2.45, 2.75) is 6.92 Å². The Bertz CT molecular complexity index is 1510. The molecule has 0 amide bonds. The van der Waals surface area contributed by atoms with E-state index in [1.807, 2.05) is 24.5 Å². The SMILES string of the molecule is Cc1ccc2c3cnccc3n3c4cc(F)cc5cc[n+](C)c(c1c23)c54. The molecule has 0 radical (unpaired) electrons. The maximum atomic E-state index is 14.5. The Kier molecular flexibility index (Phi) is 2.40. The molecule has 4 aromatic heterocycles. The molecule has 0 atom stereocenters. The van der Waals surface area contributed by atoms with E-state index in [4.69, 9.17) is 0 Å². The van der Waals surface area contributed by atoms with Gasteiger partial charge in [0.2, 0.25) is 5.52 Å². The molecule has 3 nitrogen and oxygen atoms in total. The number of pyridine rings is 3. The van der Waals surface area contributed by atoms with Gasteiger partial charge in [0, 0.05) is 29.2 Å². The molecule has 6 aromatic rings. The van der Waals surface area contributed by atoms with Crippen molar-refractivity contribution < 1.29 is 8.96 Å². The Morgan fingerprint density at radius 3 is 2.77 bits per heavy atom. The van der Waals surface area contributed by atoms with Crippen molar-refractivity contribution in [3.8, 4) is 0 Å². The summed E-state index contributed by atoms with van der Waals surface area (Å²) < 4.78 is 18.8. The Morgan fingerprint density at radius 2 is 1.88 bits per heavy atom. The van der Waals surface area contributed by atoms with Crippen molar-refractivity contribution >= 4 is 49.0 Å². The monoisotopic (exact) mass is 340 g/mol. The number of halogens is 1. The molecule has 0 unspecified atom stereocenters. The summed E-state index contributed by atoms with van der Waals surface area (Å²) in [7, 11) is 2.06. The number of rotatable bonds is 0. The largest absolute Gasteiger partial charge is 0.307 e.